The van der Waals surface area contributed by atoms with Crippen LogP contribution < -0.4 is 16.9 Å². The fourth-order valence-corrected chi connectivity index (χ4v) is 4.13. The highest BCUT2D eigenvalue weighted by Gasteiger charge is 2.15. The number of hydrogen-bond donors (Lipinski definition) is 3. The number of para-hydroxylation sites is 1. The second-order valence-corrected chi connectivity index (χ2v) is 8.31. The van der Waals surface area contributed by atoms with Crippen molar-refractivity contribution in [3.63, 3.8) is 0 Å². The van der Waals surface area contributed by atoms with Gasteiger partial charge in [-0.2, -0.15) is 15.0 Å². The van der Waals surface area contributed by atoms with Crippen molar-refractivity contribution in [3.8, 4) is 11.4 Å². The molecule has 0 saturated carbocycles. The number of rotatable bonds is 7. The molecule has 0 aliphatic heterocycles. The van der Waals surface area contributed by atoms with Crippen molar-refractivity contribution in [2.75, 3.05) is 16.9 Å². The van der Waals surface area contributed by atoms with Crippen molar-refractivity contribution in [1.29, 1.82) is 0 Å². The second-order valence-electron chi connectivity index (χ2n) is 6.51. The number of nitrogens with two attached hydrogens (primary N) is 2. The van der Waals surface area contributed by atoms with Gasteiger partial charge in [-0.05, 0) is 30.2 Å². The van der Waals surface area contributed by atoms with Gasteiger partial charge in [-0.1, -0.05) is 64.9 Å². The molecule has 0 atom stereocenters. The lowest BCUT2D eigenvalue weighted by atomic mass is 10.1. The van der Waals surface area contributed by atoms with E-state index in [9.17, 15) is 0 Å². The van der Waals surface area contributed by atoms with Crippen LogP contribution >= 0.6 is 27.7 Å². The molecule has 2 aromatic heterocycles. The molecule has 0 saturated heterocycles. The van der Waals surface area contributed by atoms with E-state index in [1.54, 1.807) is 0 Å². The second kappa shape index (κ2) is 9.31. The summed E-state index contributed by atoms with van der Waals surface area (Å²) in [6, 6.07) is 15.7. The van der Waals surface area contributed by atoms with Gasteiger partial charge in [0.2, 0.25) is 17.1 Å². The van der Waals surface area contributed by atoms with Gasteiger partial charge in [-0.3, -0.25) is 0 Å². The molecule has 0 aliphatic rings. The topological polar surface area (TPSA) is 133 Å². The molecule has 5 N–H and O–H groups in total. The first-order valence-corrected chi connectivity index (χ1v) is 11.3. The number of hydrogen-bond acceptors (Lipinski definition) is 9. The van der Waals surface area contributed by atoms with Gasteiger partial charge in [-0.15, -0.1) is 10.2 Å². The van der Waals surface area contributed by atoms with Crippen LogP contribution in [0.25, 0.3) is 11.4 Å². The van der Waals surface area contributed by atoms with E-state index in [0.717, 1.165) is 27.7 Å². The monoisotopic (exact) mass is 497 g/mol. The maximum Gasteiger partial charge on any atom is 0.232 e. The summed E-state index contributed by atoms with van der Waals surface area (Å²) in [4.78, 5) is 12.9. The zero-order valence-electron chi connectivity index (χ0n) is 16.7. The Bertz CT molecular complexity index is 1210. The highest BCUT2D eigenvalue weighted by atomic mass is 79.9. The smallest absolute Gasteiger partial charge is 0.232 e. The number of nitrogens with zero attached hydrogens (tertiary/aromatic N) is 6. The molecule has 4 rings (SSSR count). The Balaban J connectivity index is 1.51. The van der Waals surface area contributed by atoms with Crippen LogP contribution in [0.15, 0.2) is 58.2 Å². The molecule has 4 aromatic rings. The first kappa shape index (κ1) is 21.1. The molecular weight excluding hydrogens is 478 g/mol. The van der Waals surface area contributed by atoms with E-state index in [1.165, 1.54) is 16.4 Å². The number of thioether (sulfide) groups is 1. The molecular formula is C20H20BrN9S. The fraction of sp³-hybridized carbons (Fsp3) is 0.150. The molecule has 9 nitrogen and oxygen atoms in total. The minimum Gasteiger partial charge on any atom is -0.368 e. The largest absolute Gasteiger partial charge is 0.368 e. The SMILES string of the molecule is CCc1ccccc1Nc1nc(N)nc(CSc2nnc(-c3ccccc3Br)n2N)n1. The Morgan fingerprint density at radius 3 is 2.61 bits per heavy atom. The number of nitrogen functional groups attached to an aromatic ring is 2. The van der Waals surface area contributed by atoms with Crippen molar-refractivity contribution < 1.29 is 0 Å². The van der Waals surface area contributed by atoms with Crippen LogP contribution in [0.5, 0.6) is 0 Å². The van der Waals surface area contributed by atoms with E-state index >= 15 is 0 Å². The zero-order valence-corrected chi connectivity index (χ0v) is 19.1. The third-order valence-electron chi connectivity index (χ3n) is 4.45. The molecule has 0 amide bonds. The molecule has 0 unspecified atom stereocenters. The van der Waals surface area contributed by atoms with Crippen molar-refractivity contribution in [3.05, 3.63) is 64.4 Å². The number of anilines is 3. The van der Waals surface area contributed by atoms with Crippen molar-refractivity contribution >= 4 is 45.3 Å². The van der Waals surface area contributed by atoms with Crippen LogP contribution in [0.4, 0.5) is 17.6 Å². The predicted molar refractivity (Wildman–Crippen MR) is 126 cm³/mol. The van der Waals surface area contributed by atoms with Crippen molar-refractivity contribution in [1.82, 2.24) is 29.8 Å². The lowest BCUT2D eigenvalue weighted by Gasteiger charge is -2.10. The van der Waals surface area contributed by atoms with Gasteiger partial charge in [-0.25, -0.2) is 4.68 Å². The average molecular weight is 498 g/mol. The standard InChI is InChI=1S/C20H20BrN9S/c1-2-12-7-3-6-10-15(12)24-19-26-16(25-18(22)27-19)11-31-20-29-28-17(30(20)23)13-8-4-5-9-14(13)21/h3-10H,2,11,23H2,1H3,(H3,22,24,25,26,27). The lowest BCUT2D eigenvalue weighted by Crippen LogP contribution is -2.12. The number of nitrogens with one attached hydrogen (secondary N) is 1. The van der Waals surface area contributed by atoms with Crippen molar-refractivity contribution in [2.45, 2.75) is 24.3 Å². The van der Waals surface area contributed by atoms with E-state index in [0.29, 0.717) is 28.5 Å². The van der Waals surface area contributed by atoms with Gasteiger partial charge >= 0.3 is 0 Å². The first-order chi connectivity index (χ1) is 15.0. The van der Waals surface area contributed by atoms with E-state index in [2.05, 4.69) is 59.4 Å². The predicted octanol–water partition coefficient (Wildman–Crippen LogP) is 3.79. The first-order valence-electron chi connectivity index (χ1n) is 9.48. The summed E-state index contributed by atoms with van der Waals surface area (Å²) in [6.07, 6.45) is 0.887. The van der Waals surface area contributed by atoms with E-state index < -0.39 is 0 Å². The van der Waals surface area contributed by atoms with Gasteiger partial charge in [0.05, 0.1) is 5.75 Å². The molecule has 0 spiro atoms. The quantitative estimate of drug-likeness (QED) is 0.257. The average Bonchev–Trinajstić information content (AvgIpc) is 3.13. The minimum absolute atomic E-state index is 0.144. The van der Waals surface area contributed by atoms with E-state index in [4.69, 9.17) is 11.6 Å². The van der Waals surface area contributed by atoms with Crippen LogP contribution in [0.1, 0.15) is 18.3 Å². The number of halogens is 1. The molecule has 158 valence electrons. The Morgan fingerprint density at radius 2 is 1.81 bits per heavy atom. The zero-order chi connectivity index (χ0) is 21.8. The third-order valence-corrected chi connectivity index (χ3v) is 6.08. The summed E-state index contributed by atoms with van der Waals surface area (Å²) in [6.45, 7) is 2.09. The number of aryl methyl sites for hydroxylation is 1. The normalized spacial score (nSPS) is 10.9. The van der Waals surface area contributed by atoms with Crippen LogP contribution in [0, 0.1) is 0 Å². The summed E-state index contributed by atoms with van der Waals surface area (Å²) in [5, 5.41) is 12.2. The summed E-state index contributed by atoms with van der Waals surface area (Å²) in [5.74, 6) is 8.24. The Kier molecular flexibility index (Phi) is 6.33. The van der Waals surface area contributed by atoms with Gasteiger partial charge < -0.3 is 16.9 Å². The molecule has 11 heteroatoms. The molecule has 2 aromatic carbocycles. The summed E-state index contributed by atoms with van der Waals surface area (Å²) >= 11 is 4.88. The van der Waals surface area contributed by atoms with E-state index in [-0.39, 0.29) is 5.95 Å². The minimum atomic E-state index is 0.144. The molecule has 0 radical (unpaired) electrons. The lowest BCUT2D eigenvalue weighted by molar-refractivity contribution is 0.847. The summed E-state index contributed by atoms with van der Waals surface area (Å²) < 4.78 is 2.34. The summed E-state index contributed by atoms with van der Waals surface area (Å²) in [7, 11) is 0. The highest BCUT2D eigenvalue weighted by Crippen LogP contribution is 2.29. The molecule has 2 heterocycles. The molecule has 0 bridgehead atoms. The van der Waals surface area contributed by atoms with Gasteiger partial charge in [0, 0.05) is 15.7 Å². The van der Waals surface area contributed by atoms with Crippen molar-refractivity contribution in [2.24, 2.45) is 0 Å². The Hall–Kier alpha value is -3.18. The maximum atomic E-state index is 6.22. The van der Waals surface area contributed by atoms with Crippen LogP contribution in [0.3, 0.4) is 0 Å². The molecule has 0 fully saturated rings. The highest BCUT2D eigenvalue weighted by molar-refractivity contribution is 9.10. The van der Waals surface area contributed by atoms with Gasteiger partial charge in [0.25, 0.3) is 0 Å². The molecule has 0 aliphatic carbocycles. The third kappa shape index (κ3) is 4.78. The van der Waals surface area contributed by atoms with Crippen LogP contribution in [0.2, 0.25) is 0 Å². The number of benzene rings is 2. The van der Waals surface area contributed by atoms with Crippen LogP contribution in [-0.2, 0) is 12.2 Å². The number of aromatic nitrogens is 6. The summed E-state index contributed by atoms with van der Waals surface area (Å²) in [5.41, 5.74) is 8.86. The van der Waals surface area contributed by atoms with Gasteiger partial charge in [0.15, 0.2) is 5.82 Å². The molecule has 31 heavy (non-hydrogen) atoms. The Morgan fingerprint density at radius 1 is 1.03 bits per heavy atom. The maximum absolute atomic E-state index is 6.22. The Labute approximate surface area is 191 Å². The van der Waals surface area contributed by atoms with E-state index in [1.807, 2.05) is 42.5 Å². The fourth-order valence-electron chi connectivity index (χ4n) is 2.96. The van der Waals surface area contributed by atoms with Crippen LogP contribution in [-0.4, -0.2) is 29.8 Å². The van der Waals surface area contributed by atoms with Gasteiger partial charge in [0.1, 0.15) is 5.82 Å².